The first kappa shape index (κ1) is 15.7. The Labute approximate surface area is 127 Å². The molecule has 1 aromatic rings. The normalized spacial score (nSPS) is 18.9. The average Bonchev–Trinajstić information content (AvgIpc) is 2.37. The molecule has 0 saturated heterocycles. The molecule has 0 atom stereocenters. The Balaban J connectivity index is 2.60. The molecule has 0 spiro atoms. The lowest BCUT2D eigenvalue weighted by Crippen LogP contribution is -2.39. The van der Waals surface area contributed by atoms with E-state index in [1.165, 1.54) is 19.3 Å². The lowest BCUT2D eigenvalue weighted by Gasteiger charge is -2.37. The van der Waals surface area contributed by atoms with Crippen molar-refractivity contribution in [1.29, 1.82) is 0 Å². The van der Waals surface area contributed by atoms with Gasteiger partial charge in [0.05, 0.1) is 7.11 Å². The second kappa shape index (κ2) is 5.57. The molecule has 20 heavy (non-hydrogen) atoms. The van der Waals surface area contributed by atoms with Crippen LogP contribution in [0.5, 0.6) is 5.75 Å². The van der Waals surface area contributed by atoms with Crippen molar-refractivity contribution in [2.24, 2.45) is 5.73 Å². The first-order chi connectivity index (χ1) is 9.28. The van der Waals surface area contributed by atoms with Gasteiger partial charge in [-0.1, -0.05) is 51.6 Å². The van der Waals surface area contributed by atoms with Crippen LogP contribution in [0.2, 0.25) is 5.02 Å². The molecule has 1 aliphatic carbocycles. The van der Waals surface area contributed by atoms with Crippen molar-refractivity contribution >= 4 is 11.6 Å². The summed E-state index contributed by atoms with van der Waals surface area (Å²) in [6.45, 7) is 6.53. The third kappa shape index (κ3) is 2.96. The number of rotatable bonds is 2. The van der Waals surface area contributed by atoms with Gasteiger partial charge in [0.1, 0.15) is 5.75 Å². The molecule has 3 heteroatoms. The van der Waals surface area contributed by atoms with Crippen molar-refractivity contribution in [3.8, 4) is 5.75 Å². The van der Waals surface area contributed by atoms with Crippen LogP contribution in [0.25, 0.3) is 0 Å². The number of ether oxygens (including phenoxy) is 1. The largest absolute Gasteiger partial charge is 0.496 e. The summed E-state index contributed by atoms with van der Waals surface area (Å²) >= 11 is 6.36. The highest BCUT2D eigenvalue weighted by molar-refractivity contribution is 6.30. The Kier molecular flexibility index (Phi) is 4.36. The molecule has 112 valence electrons. The molecule has 0 bridgehead atoms. The minimum Gasteiger partial charge on any atom is -0.496 e. The lowest BCUT2D eigenvalue weighted by molar-refractivity contribution is 0.286. The average molecular weight is 296 g/mol. The predicted molar refractivity (Wildman–Crippen MR) is 85.7 cm³/mol. The van der Waals surface area contributed by atoms with E-state index < -0.39 is 0 Å². The van der Waals surface area contributed by atoms with E-state index in [0.29, 0.717) is 0 Å². The van der Waals surface area contributed by atoms with Crippen LogP contribution < -0.4 is 10.5 Å². The van der Waals surface area contributed by atoms with E-state index in [0.717, 1.165) is 34.7 Å². The molecule has 1 fully saturated rings. The van der Waals surface area contributed by atoms with Gasteiger partial charge in [-0.15, -0.1) is 0 Å². The van der Waals surface area contributed by atoms with Gasteiger partial charge in [-0.25, -0.2) is 0 Å². The van der Waals surface area contributed by atoms with Crippen molar-refractivity contribution in [3.63, 3.8) is 0 Å². The predicted octanol–water partition coefficient (Wildman–Crippen LogP) is 4.76. The molecule has 0 aliphatic heterocycles. The topological polar surface area (TPSA) is 35.2 Å². The Morgan fingerprint density at radius 2 is 1.75 bits per heavy atom. The van der Waals surface area contributed by atoms with Crippen molar-refractivity contribution < 1.29 is 4.74 Å². The highest BCUT2D eigenvalue weighted by atomic mass is 35.5. The summed E-state index contributed by atoms with van der Waals surface area (Å²) < 4.78 is 5.74. The van der Waals surface area contributed by atoms with Crippen molar-refractivity contribution in [3.05, 3.63) is 28.3 Å². The molecule has 0 amide bonds. The zero-order valence-corrected chi connectivity index (χ0v) is 13.8. The Bertz CT molecular complexity index is 484. The van der Waals surface area contributed by atoms with Gasteiger partial charge in [-0.2, -0.15) is 0 Å². The zero-order valence-electron chi connectivity index (χ0n) is 13.1. The Morgan fingerprint density at radius 3 is 2.25 bits per heavy atom. The number of halogens is 1. The molecule has 0 aromatic heterocycles. The third-order valence-corrected chi connectivity index (χ3v) is 4.57. The van der Waals surface area contributed by atoms with Crippen molar-refractivity contribution in [2.75, 3.05) is 7.11 Å². The molecule has 2 rings (SSSR count). The SMILES string of the molecule is COc1c(C(C)(C)C)cc(Cl)cc1C1(N)CCCCC1. The highest BCUT2D eigenvalue weighted by Gasteiger charge is 2.35. The van der Waals surface area contributed by atoms with E-state index in [1.807, 2.05) is 12.1 Å². The fourth-order valence-corrected chi connectivity index (χ4v) is 3.41. The van der Waals surface area contributed by atoms with Crippen LogP contribution in [0, 0.1) is 0 Å². The van der Waals surface area contributed by atoms with Gasteiger partial charge in [0.15, 0.2) is 0 Å². The standard InChI is InChI=1S/C17H26ClNO/c1-16(2,3)13-10-12(18)11-14(15(13)20-4)17(19)8-6-5-7-9-17/h10-11H,5-9,19H2,1-4H3. The van der Waals surface area contributed by atoms with Crippen LogP contribution in [0.15, 0.2) is 12.1 Å². The van der Waals surface area contributed by atoms with Crippen molar-refractivity contribution in [2.45, 2.75) is 63.8 Å². The minimum absolute atomic E-state index is 0.0178. The molecule has 0 unspecified atom stereocenters. The molecule has 1 aromatic carbocycles. The maximum absolute atomic E-state index is 6.70. The van der Waals surface area contributed by atoms with Gasteiger partial charge in [-0.05, 0) is 30.4 Å². The quantitative estimate of drug-likeness (QED) is 0.853. The monoisotopic (exact) mass is 295 g/mol. The van der Waals surface area contributed by atoms with E-state index in [9.17, 15) is 0 Å². The summed E-state index contributed by atoms with van der Waals surface area (Å²) in [6.07, 6.45) is 5.64. The van der Waals surface area contributed by atoms with Crippen LogP contribution in [0.3, 0.4) is 0 Å². The summed E-state index contributed by atoms with van der Waals surface area (Å²) in [7, 11) is 1.73. The van der Waals surface area contributed by atoms with Gasteiger partial charge in [0.25, 0.3) is 0 Å². The van der Waals surface area contributed by atoms with E-state index >= 15 is 0 Å². The molecule has 1 aliphatic rings. The lowest BCUT2D eigenvalue weighted by atomic mass is 9.74. The van der Waals surface area contributed by atoms with E-state index in [1.54, 1.807) is 7.11 Å². The second-order valence-electron chi connectivity index (χ2n) is 7.00. The first-order valence-electron chi connectivity index (χ1n) is 7.45. The molecule has 1 saturated carbocycles. The van der Waals surface area contributed by atoms with Gasteiger partial charge in [0.2, 0.25) is 0 Å². The number of methoxy groups -OCH3 is 1. The van der Waals surface area contributed by atoms with E-state index in [4.69, 9.17) is 22.1 Å². The Morgan fingerprint density at radius 1 is 1.15 bits per heavy atom. The van der Waals surface area contributed by atoms with Crippen LogP contribution in [-0.4, -0.2) is 7.11 Å². The molecule has 0 heterocycles. The smallest absolute Gasteiger partial charge is 0.127 e. The minimum atomic E-state index is -0.297. The molecular weight excluding hydrogens is 270 g/mol. The van der Waals surface area contributed by atoms with Gasteiger partial charge in [0, 0.05) is 21.7 Å². The van der Waals surface area contributed by atoms with E-state index in [-0.39, 0.29) is 11.0 Å². The van der Waals surface area contributed by atoms with Crippen LogP contribution in [0.4, 0.5) is 0 Å². The number of hydrogen-bond acceptors (Lipinski definition) is 2. The number of benzene rings is 1. The molecular formula is C17H26ClNO. The van der Waals surface area contributed by atoms with Gasteiger partial charge in [-0.3, -0.25) is 0 Å². The Hall–Kier alpha value is -0.730. The van der Waals surface area contributed by atoms with Crippen molar-refractivity contribution in [1.82, 2.24) is 0 Å². The van der Waals surface area contributed by atoms with E-state index in [2.05, 4.69) is 20.8 Å². The summed E-state index contributed by atoms with van der Waals surface area (Å²) in [6, 6.07) is 4.01. The fourth-order valence-electron chi connectivity index (χ4n) is 3.19. The zero-order chi connectivity index (χ0) is 15.0. The van der Waals surface area contributed by atoms with Gasteiger partial charge >= 0.3 is 0 Å². The molecule has 2 N–H and O–H groups in total. The first-order valence-corrected chi connectivity index (χ1v) is 7.83. The second-order valence-corrected chi connectivity index (χ2v) is 7.44. The summed E-state index contributed by atoms with van der Waals surface area (Å²) in [5, 5.41) is 0.751. The van der Waals surface area contributed by atoms with Gasteiger partial charge < -0.3 is 10.5 Å². The number of nitrogens with two attached hydrogens (primary N) is 1. The highest BCUT2D eigenvalue weighted by Crippen LogP contribution is 2.44. The molecule has 0 radical (unpaired) electrons. The third-order valence-electron chi connectivity index (χ3n) is 4.35. The number of hydrogen-bond donors (Lipinski definition) is 1. The maximum atomic E-state index is 6.70. The van der Waals surface area contributed by atoms with Crippen LogP contribution >= 0.6 is 11.6 Å². The summed E-state index contributed by atoms with van der Waals surface area (Å²) in [4.78, 5) is 0. The summed E-state index contributed by atoms with van der Waals surface area (Å²) in [5.41, 5.74) is 8.60. The fraction of sp³-hybridized carbons (Fsp3) is 0.647. The summed E-state index contributed by atoms with van der Waals surface area (Å²) in [5.74, 6) is 0.923. The van der Waals surface area contributed by atoms with Crippen LogP contribution in [0.1, 0.15) is 64.0 Å². The van der Waals surface area contributed by atoms with Crippen LogP contribution in [-0.2, 0) is 11.0 Å². The molecule has 2 nitrogen and oxygen atoms in total. The maximum Gasteiger partial charge on any atom is 0.127 e.